The minimum Gasteiger partial charge on any atom is -0.493 e. The van der Waals surface area contributed by atoms with Crippen molar-refractivity contribution in [2.45, 2.75) is 4.90 Å². The molecule has 0 saturated heterocycles. The Morgan fingerprint density at radius 3 is 2.78 bits per heavy atom. The molecule has 4 nitrogen and oxygen atoms in total. The summed E-state index contributed by atoms with van der Waals surface area (Å²) in [5, 5.41) is 8.58. The molecule has 0 atom stereocenters. The van der Waals surface area contributed by atoms with Crippen molar-refractivity contribution in [3.63, 3.8) is 0 Å². The summed E-state index contributed by atoms with van der Waals surface area (Å²) < 4.78 is 10.6. The number of Topliss-reactive ketones (excluding diaryl/α,β-unsaturated/α-hetero) is 1. The van der Waals surface area contributed by atoms with Gasteiger partial charge in [-0.3, -0.25) is 4.79 Å². The Kier molecular flexibility index (Phi) is 4.35. The van der Waals surface area contributed by atoms with Crippen LogP contribution in [0.1, 0.15) is 15.9 Å². The summed E-state index contributed by atoms with van der Waals surface area (Å²) >= 11 is 1.47. The summed E-state index contributed by atoms with van der Waals surface area (Å²) in [6.45, 7) is -0.0412. The van der Waals surface area contributed by atoms with Crippen molar-refractivity contribution < 1.29 is 14.3 Å². The molecule has 0 saturated carbocycles. The number of hydrogen-bond donors (Lipinski definition) is 0. The van der Waals surface area contributed by atoms with Crippen molar-refractivity contribution in [3.05, 3.63) is 58.5 Å². The lowest BCUT2D eigenvalue weighted by molar-refractivity contribution is 0.104. The number of thioether (sulfide) groups is 1. The lowest BCUT2D eigenvalue weighted by atomic mass is 10.1. The largest absolute Gasteiger partial charge is 0.493 e. The summed E-state index contributed by atoms with van der Waals surface area (Å²) in [6.07, 6.45) is 1.84. The minimum atomic E-state index is -0.0412. The van der Waals surface area contributed by atoms with Gasteiger partial charge in [-0.1, -0.05) is 30.0 Å². The molecule has 0 spiro atoms. The highest BCUT2D eigenvalue weighted by molar-refractivity contribution is 8.04. The summed E-state index contributed by atoms with van der Waals surface area (Å²) in [5.74, 6) is 1.07. The van der Waals surface area contributed by atoms with Gasteiger partial charge in [0.1, 0.15) is 6.07 Å². The Bertz CT molecular complexity index is 836. The minimum absolute atomic E-state index is 0.0365. The molecule has 3 rings (SSSR count). The zero-order valence-corrected chi connectivity index (χ0v) is 13.2. The van der Waals surface area contributed by atoms with Gasteiger partial charge in [-0.25, -0.2) is 0 Å². The van der Waals surface area contributed by atoms with Crippen molar-refractivity contribution >= 4 is 23.6 Å². The summed E-state index contributed by atoms with van der Waals surface area (Å²) in [7, 11) is 1.54. The predicted molar refractivity (Wildman–Crippen MR) is 88.7 cm³/mol. The van der Waals surface area contributed by atoms with E-state index >= 15 is 0 Å². The smallest absolute Gasteiger partial charge is 0.200 e. The first-order valence-electron chi connectivity index (χ1n) is 6.94. The van der Waals surface area contributed by atoms with Crippen LogP contribution in [0.3, 0.4) is 0 Å². The van der Waals surface area contributed by atoms with Gasteiger partial charge < -0.3 is 9.47 Å². The van der Waals surface area contributed by atoms with Gasteiger partial charge in [0.2, 0.25) is 5.78 Å². The highest BCUT2D eigenvalue weighted by Gasteiger charge is 2.25. The Balaban J connectivity index is 1.89. The lowest BCUT2D eigenvalue weighted by Crippen LogP contribution is -1.97. The van der Waals surface area contributed by atoms with E-state index in [2.05, 4.69) is 0 Å². The lowest BCUT2D eigenvalue weighted by Gasteiger charge is -2.09. The molecule has 1 aliphatic heterocycles. The van der Waals surface area contributed by atoms with Gasteiger partial charge in [0, 0.05) is 10.5 Å². The molecule has 0 aromatic heterocycles. The maximum atomic E-state index is 12.4. The molecule has 2 aromatic carbocycles. The SMILES string of the molecule is COc1cc(/C=C2/Sc3ccccc3C2=O)ccc1OCC#N. The van der Waals surface area contributed by atoms with E-state index in [-0.39, 0.29) is 12.4 Å². The van der Waals surface area contributed by atoms with Gasteiger partial charge in [0.15, 0.2) is 18.1 Å². The van der Waals surface area contributed by atoms with Crippen LogP contribution in [0.4, 0.5) is 0 Å². The fraction of sp³-hybridized carbons (Fsp3) is 0.111. The molecular weight excluding hydrogens is 310 g/mol. The van der Waals surface area contributed by atoms with E-state index in [1.54, 1.807) is 12.1 Å². The molecule has 1 aliphatic rings. The first-order valence-corrected chi connectivity index (χ1v) is 7.75. The van der Waals surface area contributed by atoms with E-state index in [1.165, 1.54) is 18.9 Å². The molecular formula is C18H13NO3S. The number of allylic oxidation sites excluding steroid dienone is 1. The number of methoxy groups -OCH3 is 1. The number of hydrogen-bond acceptors (Lipinski definition) is 5. The van der Waals surface area contributed by atoms with Crippen LogP contribution in [0.15, 0.2) is 52.3 Å². The third-order valence-corrected chi connectivity index (χ3v) is 4.45. The van der Waals surface area contributed by atoms with Gasteiger partial charge in [-0.2, -0.15) is 5.26 Å². The average Bonchev–Trinajstić information content (AvgIpc) is 2.90. The van der Waals surface area contributed by atoms with E-state index in [0.29, 0.717) is 16.4 Å². The van der Waals surface area contributed by atoms with Crippen LogP contribution in [0.25, 0.3) is 6.08 Å². The van der Waals surface area contributed by atoms with Gasteiger partial charge in [-0.05, 0) is 35.9 Å². The number of ether oxygens (including phenoxy) is 2. The number of ketones is 1. The third kappa shape index (κ3) is 3.08. The molecule has 1 heterocycles. The van der Waals surface area contributed by atoms with E-state index in [0.717, 1.165) is 16.0 Å². The molecule has 2 aromatic rings. The Morgan fingerprint density at radius 2 is 2.04 bits per heavy atom. The van der Waals surface area contributed by atoms with Crippen molar-refractivity contribution in [1.82, 2.24) is 0 Å². The van der Waals surface area contributed by atoms with Crippen LogP contribution in [0, 0.1) is 11.3 Å². The molecule has 0 fully saturated rings. The number of nitrogens with zero attached hydrogens (tertiary/aromatic N) is 1. The van der Waals surface area contributed by atoms with E-state index in [1.807, 2.05) is 42.5 Å². The Hall–Kier alpha value is -2.71. The molecule has 23 heavy (non-hydrogen) atoms. The van der Waals surface area contributed by atoms with E-state index < -0.39 is 0 Å². The number of carbonyl (C=O) groups is 1. The number of fused-ring (bicyclic) bond motifs is 1. The van der Waals surface area contributed by atoms with Crippen LogP contribution in [-0.4, -0.2) is 19.5 Å². The number of nitriles is 1. The van der Waals surface area contributed by atoms with Gasteiger partial charge in [0.25, 0.3) is 0 Å². The fourth-order valence-corrected chi connectivity index (χ4v) is 3.34. The predicted octanol–water partition coefficient (Wildman–Crippen LogP) is 3.93. The van der Waals surface area contributed by atoms with Crippen molar-refractivity contribution in [2.75, 3.05) is 13.7 Å². The molecule has 0 radical (unpaired) electrons. The van der Waals surface area contributed by atoms with Gasteiger partial charge in [0.05, 0.1) is 12.0 Å². The van der Waals surface area contributed by atoms with Crippen molar-refractivity contribution in [2.24, 2.45) is 0 Å². The zero-order chi connectivity index (χ0) is 16.2. The molecule has 0 unspecified atom stereocenters. The van der Waals surface area contributed by atoms with Crippen LogP contribution >= 0.6 is 11.8 Å². The molecule has 0 N–H and O–H groups in total. The van der Waals surface area contributed by atoms with Gasteiger partial charge in [-0.15, -0.1) is 0 Å². The molecule has 0 aliphatic carbocycles. The third-order valence-electron chi connectivity index (χ3n) is 3.35. The highest BCUT2D eigenvalue weighted by Crippen LogP contribution is 2.41. The average molecular weight is 323 g/mol. The van der Waals surface area contributed by atoms with Gasteiger partial charge >= 0.3 is 0 Å². The molecule has 114 valence electrons. The summed E-state index contributed by atoms with van der Waals surface area (Å²) in [6, 6.07) is 14.8. The molecule has 5 heteroatoms. The van der Waals surface area contributed by atoms with Crippen LogP contribution < -0.4 is 9.47 Å². The number of rotatable bonds is 4. The fourth-order valence-electron chi connectivity index (χ4n) is 2.29. The maximum Gasteiger partial charge on any atom is 0.200 e. The van der Waals surface area contributed by atoms with E-state index in [9.17, 15) is 4.79 Å². The second kappa shape index (κ2) is 6.59. The topological polar surface area (TPSA) is 59.3 Å². The van der Waals surface area contributed by atoms with E-state index in [4.69, 9.17) is 14.7 Å². The Morgan fingerprint density at radius 1 is 1.22 bits per heavy atom. The second-order valence-electron chi connectivity index (χ2n) is 4.79. The molecule has 0 bridgehead atoms. The Labute approximate surface area is 138 Å². The summed E-state index contributed by atoms with van der Waals surface area (Å²) in [5.41, 5.74) is 1.58. The first kappa shape index (κ1) is 15.2. The zero-order valence-electron chi connectivity index (χ0n) is 12.4. The van der Waals surface area contributed by atoms with Crippen LogP contribution in [-0.2, 0) is 0 Å². The van der Waals surface area contributed by atoms with Crippen LogP contribution in [0.5, 0.6) is 11.5 Å². The van der Waals surface area contributed by atoms with Crippen molar-refractivity contribution in [3.8, 4) is 17.6 Å². The van der Waals surface area contributed by atoms with Crippen LogP contribution in [0.2, 0.25) is 0 Å². The number of carbonyl (C=O) groups excluding carboxylic acids is 1. The monoisotopic (exact) mass is 323 g/mol. The normalized spacial score (nSPS) is 14.4. The second-order valence-corrected chi connectivity index (χ2v) is 5.88. The maximum absolute atomic E-state index is 12.4. The molecule has 0 amide bonds. The number of benzene rings is 2. The van der Waals surface area contributed by atoms with Crippen molar-refractivity contribution in [1.29, 1.82) is 5.26 Å². The summed E-state index contributed by atoms with van der Waals surface area (Å²) in [4.78, 5) is 14.0. The quantitative estimate of drug-likeness (QED) is 0.798. The standard InChI is InChI=1S/C18H13NO3S/c1-21-15-10-12(6-7-14(15)22-9-8-19)11-17-18(20)13-4-2-3-5-16(13)23-17/h2-7,10-11H,9H2,1H3/b17-11+. The first-order chi connectivity index (χ1) is 11.2. The highest BCUT2D eigenvalue weighted by atomic mass is 32.2.